The molecule has 1 aliphatic heterocycles. The van der Waals surface area contributed by atoms with Crippen LogP contribution in [0.3, 0.4) is 0 Å². The number of carboxylic acids is 1. The van der Waals surface area contributed by atoms with E-state index in [2.05, 4.69) is 26.8 Å². The summed E-state index contributed by atoms with van der Waals surface area (Å²) in [7, 11) is 0. The number of hydrogen-bond donors (Lipinski definition) is 1. The Kier molecular flexibility index (Phi) is 5.52. The van der Waals surface area contributed by atoms with E-state index in [1.165, 1.54) is 0 Å². The lowest BCUT2D eigenvalue weighted by Crippen LogP contribution is -2.36. The molecule has 4 heterocycles. The minimum Gasteiger partial charge on any atom is -0.478 e. The number of carbonyl (C=O) groups is 1. The molecule has 36 heavy (non-hydrogen) atoms. The van der Waals surface area contributed by atoms with Crippen molar-refractivity contribution >= 4 is 28.2 Å². The van der Waals surface area contributed by atoms with Crippen LogP contribution in [0, 0.1) is 11.8 Å². The van der Waals surface area contributed by atoms with Crippen LogP contribution in [0.1, 0.15) is 21.7 Å². The van der Waals surface area contributed by atoms with Gasteiger partial charge in [0.05, 0.1) is 36.2 Å². The molecular weight excluding hydrogens is 454 g/mol. The van der Waals surface area contributed by atoms with E-state index >= 15 is 0 Å². The third-order valence-corrected chi connectivity index (χ3v) is 6.16. The Morgan fingerprint density at radius 1 is 0.917 bits per heavy atom. The molecule has 1 aliphatic rings. The summed E-state index contributed by atoms with van der Waals surface area (Å²) in [6.45, 7) is 2.83. The molecule has 5 aromatic rings. The molecule has 0 saturated carbocycles. The molecule has 8 nitrogen and oxygen atoms in total. The van der Waals surface area contributed by atoms with Gasteiger partial charge in [0, 0.05) is 24.0 Å². The summed E-state index contributed by atoms with van der Waals surface area (Å²) < 4.78 is 7.29. The van der Waals surface area contributed by atoms with Gasteiger partial charge < -0.3 is 14.7 Å². The standard InChI is InChI=1S/C28H21N5O3/c34-28(35)21-7-5-20(6-8-21)26-24(12-11-22-10-9-19-3-1-2-4-23(19)30-22)31-27-25(13-14-29-33(26)27)32-15-17-36-18-16-32/h1-10,13-14H,15-18H2,(H,34,35). The van der Waals surface area contributed by atoms with Gasteiger partial charge in [-0.1, -0.05) is 36.4 Å². The highest BCUT2D eigenvalue weighted by Gasteiger charge is 2.21. The molecule has 0 amide bonds. The largest absolute Gasteiger partial charge is 0.478 e. The number of imidazole rings is 1. The van der Waals surface area contributed by atoms with Crippen LogP contribution in [-0.4, -0.2) is 57.0 Å². The van der Waals surface area contributed by atoms with Crippen LogP contribution in [0.15, 0.2) is 72.9 Å². The van der Waals surface area contributed by atoms with Crippen molar-refractivity contribution in [3.05, 3.63) is 89.9 Å². The number of hydrogen-bond acceptors (Lipinski definition) is 6. The van der Waals surface area contributed by atoms with Crippen LogP contribution >= 0.6 is 0 Å². The van der Waals surface area contributed by atoms with E-state index in [4.69, 9.17) is 9.72 Å². The van der Waals surface area contributed by atoms with Gasteiger partial charge in [0.25, 0.3) is 0 Å². The highest BCUT2D eigenvalue weighted by Crippen LogP contribution is 2.29. The van der Waals surface area contributed by atoms with E-state index in [1.54, 1.807) is 35.0 Å². The van der Waals surface area contributed by atoms with Gasteiger partial charge in [-0.05, 0) is 42.2 Å². The zero-order valence-corrected chi connectivity index (χ0v) is 19.3. The molecule has 2 aromatic carbocycles. The third kappa shape index (κ3) is 4.02. The summed E-state index contributed by atoms with van der Waals surface area (Å²) in [4.78, 5) is 23.2. The number of aromatic nitrogens is 4. The molecule has 0 bridgehead atoms. The minimum atomic E-state index is -0.977. The van der Waals surface area contributed by atoms with Gasteiger partial charge >= 0.3 is 5.97 Å². The van der Waals surface area contributed by atoms with E-state index in [1.807, 2.05) is 42.5 Å². The van der Waals surface area contributed by atoms with Gasteiger partial charge in [0.15, 0.2) is 5.65 Å². The maximum absolute atomic E-state index is 11.4. The van der Waals surface area contributed by atoms with Crippen molar-refractivity contribution in [1.29, 1.82) is 0 Å². The average molecular weight is 476 g/mol. The molecule has 8 heteroatoms. The van der Waals surface area contributed by atoms with Crippen molar-refractivity contribution < 1.29 is 14.6 Å². The van der Waals surface area contributed by atoms with E-state index < -0.39 is 5.97 Å². The lowest BCUT2D eigenvalue weighted by molar-refractivity contribution is 0.0697. The van der Waals surface area contributed by atoms with Gasteiger partial charge in [-0.15, -0.1) is 0 Å². The second-order valence-corrected chi connectivity index (χ2v) is 8.38. The van der Waals surface area contributed by atoms with Gasteiger partial charge in [-0.3, -0.25) is 0 Å². The van der Waals surface area contributed by atoms with Crippen molar-refractivity contribution in [3.63, 3.8) is 0 Å². The summed E-state index contributed by atoms with van der Waals surface area (Å²) in [5, 5.41) is 15.0. The highest BCUT2D eigenvalue weighted by molar-refractivity contribution is 5.88. The van der Waals surface area contributed by atoms with E-state index in [0.29, 0.717) is 35.9 Å². The van der Waals surface area contributed by atoms with Crippen molar-refractivity contribution in [2.24, 2.45) is 0 Å². The Balaban J connectivity index is 1.51. The summed E-state index contributed by atoms with van der Waals surface area (Å²) in [5.41, 5.74) is 5.38. The van der Waals surface area contributed by atoms with Crippen LogP contribution in [0.4, 0.5) is 5.69 Å². The molecule has 1 saturated heterocycles. The molecule has 1 N–H and O–H groups in total. The minimum absolute atomic E-state index is 0.211. The number of nitrogens with zero attached hydrogens (tertiary/aromatic N) is 5. The zero-order chi connectivity index (χ0) is 24.5. The summed E-state index contributed by atoms with van der Waals surface area (Å²) in [6, 6.07) is 20.4. The Bertz CT molecular complexity index is 1660. The Morgan fingerprint density at radius 2 is 1.72 bits per heavy atom. The van der Waals surface area contributed by atoms with Crippen LogP contribution in [0.25, 0.3) is 27.8 Å². The van der Waals surface area contributed by atoms with E-state index in [9.17, 15) is 9.90 Å². The van der Waals surface area contributed by atoms with Gasteiger partial charge in [-0.25, -0.2) is 19.3 Å². The van der Waals surface area contributed by atoms with Gasteiger partial charge in [0.2, 0.25) is 0 Å². The molecule has 0 atom stereocenters. The SMILES string of the molecule is O=C(O)c1ccc(-c2c(C#Cc3ccc4ccccc4n3)nc3c(N4CCOCC4)ccnn23)cc1. The van der Waals surface area contributed by atoms with Gasteiger partial charge in [-0.2, -0.15) is 5.10 Å². The summed E-state index contributed by atoms with van der Waals surface area (Å²) >= 11 is 0. The Labute approximate surface area is 206 Å². The second-order valence-electron chi connectivity index (χ2n) is 8.38. The molecule has 3 aromatic heterocycles. The maximum Gasteiger partial charge on any atom is 0.335 e. The zero-order valence-electron chi connectivity index (χ0n) is 19.3. The second kappa shape index (κ2) is 9.13. The first-order valence-corrected chi connectivity index (χ1v) is 11.6. The number of carboxylic acid groups (broad SMARTS) is 1. The molecule has 0 aliphatic carbocycles. The van der Waals surface area contributed by atoms with Crippen molar-refractivity contribution in [3.8, 4) is 23.1 Å². The number of ether oxygens (including phenoxy) is 1. The van der Waals surface area contributed by atoms with Crippen molar-refractivity contribution in [1.82, 2.24) is 19.6 Å². The number of aromatic carboxylic acids is 1. The number of anilines is 1. The topological polar surface area (TPSA) is 92.8 Å². The smallest absolute Gasteiger partial charge is 0.335 e. The van der Waals surface area contributed by atoms with E-state index in [-0.39, 0.29) is 5.56 Å². The summed E-state index contributed by atoms with van der Waals surface area (Å²) in [6.07, 6.45) is 1.75. The van der Waals surface area contributed by atoms with Crippen LogP contribution in [-0.2, 0) is 4.74 Å². The van der Waals surface area contributed by atoms with E-state index in [0.717, 1.165) is 35.2 Å². The Morgan fingerprint density at radius 3 is 2.53 bits per heavy atom. The molecule has 0 spiro atoms. The van der Waals surface area contributed by atoms with Crippen LogP contribution < -0.4 is 4.90 Å². The fourth-order valence-corrected chi connectivity index (χ4v) is 4.36. The number of rotatable bonds is 3. The lowest BCUT2D eigenvalue weighted by atomic mass is 10.1. The summed E-state index contributed by atoms with van der Waals surface area (Å²) in [5.74, 6) is 5.39. The Hall–Kier alpha value is -4.74. The fourth-order valence-electron chi connectivity index (χ4n) is 4.36. The highest BCUT2D eigenvalue weighted by atomic mass is 16.5. The normalized spacial score (nSPS) is 13.5. The first-order valence-electron chi connectivity index (χ1n) is 11.6. The number of para-hydroxylation sites is 1. The molecule has 176 valence electrons. The molecule has 0 unspecified atom stereocenters. The van der Waals surface area contributed by atoms with Crippen molar-refractivity contribution in [2.45, 2.75) is 0 Å². The van der Waals surface area contributed by atoms with Crippen LogP contribution in [0.2, 0.25) is 0 Å². The molecule has 6 rings (SSSR count). The third-order valence-electron chi connectivity index (χ3n) is 6.16. The van der Waals surface area contributed by atoms with Gasteiger partial charge in [0.1, 0.15) is 17.1 Å². The first kappa shape index (κ1) is 21.8. The number of morpholine rings is 1. The average Bonchev–Trinajstić information content (AvgIpc) is 3.31. The monoisotopic (exact) mass is 475 g/mol. The quantitative estimate of drug-likeness (QED) is 0.396. The number of benzene rings is 2. The molecular formula is C28H21N5O3. The van der Waals surface area contributed by atoms with Crippen molar-refractivity contribution in [2.75, 3.05) is 31.2 Å². The number of fused-ring (bicyclic) bond motifs is 2. The molecule has 1 fully saturated rings. The first-order chi connectivity index (χ1) is 17.7. The van der Waals surface area contributed by atoms with Crippen LogP contribution in [0.5, 0.6) is 0 Å². The lowest BCUT2D eigenvalue weighted by Gasteiger charge is -2.28. The molecule has 0 radical (unpaired) electrons. The maximum atomic E-state index is 11.4. The predicted molar refractivity (Wildman–Crippen MR) is 136 cm³/mol. The predicted octanol–water partition coefficient (Wildman–Crippen LogP) is 3.88. The fraction of sp³-hybridized carbons (Fsp3) is 0.143. The number of pyridine rings is 1.